The maximum Gasteiger partial charge on any atom is 0.435 e. The molecule has 8 heteroatoms. The largest absolute Gasteiger partial charge is 0.435 e. The van der Waals surface area contributed by atoms with Crippen molar-refractivity contribution in [2.24, 2.45) is 0 Å². The van der Waals surface area contributed by atoms with Gasteiger partial charge in [-0.05, 0) is 32.0 Å². The predicted molar refractivity (Wildman–Crippen MR) is 65.7 cm³/mol. The summed E-state index contributed by atoms with van der Waals surface area (Å²) in [4.78, 5) is -0.108. The molecule has 0 saturated carbocycles. The molecule has 0 unspecified atom stereocenters. The molecule has 0 amide bonds. The molecule has 0 spiro atoms. The maximum atomic E-state index is 12.6. The van der Waals surface area contributed by atoms with Crippen LogP contribution in [0.3, 0.4) is 0 Å². The van der Waals surface area contributed by atoms with Gasteiger partial charge in [0.2, 0.25) is 0 Å². The summed E-state index contributed by atoms with van der Waals surface area (Å²) in [6.45, 7) is 3.03. The van der Waals surface area contributed by atoms with Gasteiger partial charge in [0.25, 0.3) is 10.0 Å². The Kier molecular flexibility index (Phi) is 3.37. The van der Waals surface area contributed by atoms with Gasteiger partial charge in [-0.2, -0.15) is 30.8 Å². The van der Waals surface area contributed by atoms with E-state index in [1.807, 2.05) is 0 Å². The summed E-state index contributed by atoms with van der Waals surface area (Å²) in [6, 6.07) is 6.50. The number of benzene rings is 1. The lowest BCUT2D eigenvalue weighted by molar-refractivity contribution is -0.141. The first-order valence-corrected chi connectivity index (χ1v) is 7.02. The van der Waals surface area contributed by atoms with Crippen molar-refractivity contribution in [2.75, 3.05) is 0 Å². The molecular formula is C12H11F3N2O2S. The Balaban J connectivity index is 2.55. The van der Waals surface area contributed by atoms with Gasteiger partial charge in [0.15, 0.2) is 5.69 Å². The molecule has 0 saturated heterocycles. The summed E-state index contributed by atoms with van der Waals surface area (Å²) >= 11 is 0. The number of nitrogens with zero attached hydrogens (tertiary/aromatic N) is 2. The van der Waals surface area contributed by atoms with E-state index in [1.54, 1.807) is 19.1 Å². The third-order valence-electron chi connectivity index (χ3n) is 2.68. The standard InChI is InChI=1S/C12H11F3N2O2S/c1-8-3-5-10(6-4-8)20(18,19)17-9(2)7-11(16-17)12(13,14)15/h3-7H,1-2H3. The number of hydrogen-bond acceptors (Lipinski definition) is 3. The fourth-order valence-corrected chi connectivity index (χ4v) is 2.96. The van der Waals surface area contributed by atoms with E-state index in [4.69, 9.17) is 0 Å². The summed E-state index contributed by atoms with van der Waals surface area (Å²) in [7, 11) is -4.12. The summed E-state index contributed by atoms with van der Waals surface area (Å²) in [5, 5.41) is 3.16. The second-order valence-corrected chi connectivity index (χ2v) is 6.10. The zero-order valence-electron chi connectivity index (χ0n) is 10.6. The van der Waals surface area contributed by atoms with E-state index in [9.17, 15) is 21.6 Å². The lowest BCUT2D eigenvalue weighted by atomic mass is 10.2. The van der Waals surface area contributed by atoms with Crippen LogP contribution in [-0.4, -0.2) is 17.6 Å². The maximum absolute atomic E-state index is 12.6. The smallest absolute Gasteiger partial charge is 0.199 e. The zero-order chi connectivity index (χ0) is 15.1. The highest BCUT2D eigenvalue weighted by Gasteiger charge is 2.36. The van der Waals surface area contributed by atoms with Gasteiger partial charge >= 0.3 is 6.18 Å². The summed E-state index contributed by atoms with van der Waals surface area (Å²) in [5.41, 5.74) is -0.485. The number of halogens is 3. The molecule has 1 heterocycles. The van der Waals surface area contributed by atoms with Gasteiger partial charge in [0.1, 0.15) is 0 Å². The van der Waals surface area contributed by atoms with E-state index in [-0.39, 0.29) is 10.6 Å². The Labute approximate surface area is 113 Å². The van der Waals surface area contributed by atoms with Gasteiger partial charge in [0.05, 0.1) is 10.6 Å². The van der Waals surface area contributed by atoms with Crippen LogP contribution in [0.2, 0.25) is 0 Å². The van der Waals surface area contributed by atoms with Gasteiger partial charge in [0, 0.05) is 0 Å². The zero-order valence-corrected chi connectivity index (χ0v) is 11.5. The average molecular weight is 304 g/mol. The first-order valence-electron chi connectivity index (χ1n) is 5.58. The molecule has 1 aromatic heterocycles. The van der Waals surface area contributed by atoms with E-state index >= 15 is 0 Å². The number of hydrogen-bond donors (Lipinski definition) is 0. The van der Waals surface area contributed by atoms with Crippen molar-refractivity contribution in [1.29, 1.82) is 0 Å². The molecule has 0 N–H and O–H groups in total. The van der Waals surface area contributed by atoms with E-state index in [1.165, 1.54) is 19.1 Å². The lowest BCUT2D eigenvalue weighted by Crippen LogP contribution is -2.17. The third-order valence-corrected chi connectivity index (χ3v) is 4.38. The Morgan fingerprint density at radius 1 is 1.10 bits per heavy atom. The van der Waals surface area contributed by atoms with Crippen LogP contribution in [0.1, 0.15) is 17.0 Å². The molecule has 4 nitrogen and oxygen atoms in total. The van der Waals surface area contributed by atoms with Crippen molar-refractivity contribution in [3.05, 3.63) is 47.3 Å². The Morgan fingerprint density at radius 2 is 1.65 bits per heavy atom. The highest BCUT2D eigenvalue weighted by Crippen LogP contribution is 2.29. The Morgan fingerprint density at radius 3 is 2.10 bits per heavy atom. The highest BCUT2D eigenvalue weighted by molar-refractivity contribution is 7.89. The van der Waals surface area contributed by atoms with Crippen molar-refractivity contribution >= 4 is 10.0 Å². The molecule has 0 atom stereocenters. The molecule has 108 valence electrons. The van der Waals surface area contributed by atoms with Crippen molar-refractivity contribution in [1.82, 2.24) is 9.19 Å². The van der Waals surface area contributed by atoms with Crippen LogP contribution in [0.15, 0.2) is 35.2 Å². The fourth-order valence-electron chi connectivity index (χ4n) is 1.65. The molecule has 1 aromatic carbocycles. The number of rotatable bonds is 2. The first-order chi connectivity index (χ1) is 9.12. The summed E-state index contributed by atoms with van der Waals surface area (Å²) < 4.78 is 62.5. The SMILES string of the molecule is Cc1ccc(S(=O)(=O)n2nc(C(F)(F)F)cc2C)cc1. The van der Waals surface area contributed by atoms with E-state index in [0.717, 1.165) is 5.56 Å². The van der Waals surface area contributed by atoms with Crippen LogP contribution in [0.25, 0.3) is 0 Å². The van der Waals surface area contributed by atoms with Crippen LogP contribution >= 0.6 is 0 Å². The minimum atomic E-state index is -4.68. The minimum absolute atomic E-state index is 0.0992. The third kappa shape index (κ3) is 2.55. The molecule has 0 fully saturated rings. The van der Waals surface area contributed by atoms with Gasteiger partial charge in [-0.1, -0.05) is 17.7 Å². The topological polar surface area (TPSA) is 52.0 Å². The predicted octanol–water partition coefficient (Wildman–Crippen LogP) is 2.76. The van der Waals surface area contributed by atoms with Crippen LogP contribution in [0.4, 0.5) is 13.2 Å². The van der Waals surface area contributed by atoms with E-state index < -0.39 is 21.9 Å². The molecule has 20 heavy (non-hydrogen) atoms. The fraction of sp³-hybridized carbons (Fsp3) is 0.250. The van der Waals surface area contributed by atoms with Crippen LogP contribution < -0.4 is 0 Å². The molecular weight excluding hydrogens is 293 g/mol. The molecule has 2 aromatic rings. The van der Waals surface area contributed by atoms with Gasteiger partial charge in [-0.3, -0.25) is 0 Å². The monoisotopic (exact) mass is 304 g/mol. The first kappa shape index (κ1) is 14.6. The van der Waals surface area contributed by atoms with Crippen LogP contribution in [0.5, 0.6) is 0 Å². The Bertz CT molecular complexity index is 731. The van der Waals surface area contributed by atoms with E-state index in [0.29, 0.717) is 10.2 Å². The number of aryl methyl sites for hydroxylation is 2. The summed E-state index contributed by atoms with van der Waals surface area (Å²) in [6.07, 6.45) is -4.68. The molecule has 0 aliphatic carbocycles. The normalized spacial score (nSPS) is 12.7. The summed E-state index contributed by atoms with van der Waals surface area (Å²) in [5.74, 6) is 0. The van der Waals surface area contributed by atoms with Crippen molar-refractivity contribution in [2.45, 2.75) is 24.9 Å². The van der Waals surface area contributed by atoms with E-state index in [2.05, 4.69) is 5.10 Å². The molecule has 2 rings (SSSR count). The van der Waals surface area contributed by atoms with Gasteiger partial charge in [-0.15, -0.1) is 0 Å². The van der Waals surface area contributed by atoms with Crippen LogP contribution in [0, 0.1) is 13.8 Å². The highest BCUT2D eigenvalue weighted by atomic mass is 32.2. The Hall–Kier alpha value is -1.83. The molecule has 0 aliphatic heterocycles. The van der Waals surface area contributed by atoms with Crippen molar-refractivity contribution in [3.63, 3.8) is 0 Å². The average Bonchev–Trinajstić information content (AvgIpc) is 2.72. The second kappa shape index (κ2) is 4.62. The minimum Gasteiger partial charge on any atom is -0.199 e. The van der Waals surface area contributed by atoms with Crippen LogP contribution in [-0.2, 0) is 16.2 Å². The lowest BCUT2D eigenvalue weighted by Gasteiger charge is -2.07. The second-order valence-electron chi connectivity index (χ2n) is 4.33. The van der Waals surface area contributed by atoms with Gasteiger partial charge < -0.3 is 0 Å². The molecule has 0 radical (unpaired) electrons. The number of alkyl halides is 3. The van der Waals surface area contributed by atoms with Crippen molar-refractivity contribution in [3.8, 4) is 0 Å². The number of aromatic nitrogens is 2. The quantitative estimate of drug-likeness (QED) is 0.857. The van der Waals surface area contributed by atoms with Crippen molar-refractivity contribution < 1.29 is 21.6 Å². The molecule has 0 aliphatic rings. The van der Waals surface area contributed by atoms with Gasteiger partial charge in [-0.25, -0.2) is 0 Å². The molecule has 0 bridgehead atoms.